The Bertz CT molecular complexity index is 1040. The predicted molar refractivity (Wildman–Crippen MR) is 295 cm³/mol. The Kier molecular flexibility index (Phi) is 73.3. The largest absolute Gasteiger partial charge is 2.00 e. The number of halogens is 2. The molecule has 65 heavy (non-hydrogen) atoms. The number of sulfonamides is 1. The van der Waals surface area contributed by atoms with E-state index >= 15 is 0 Å². The quantitative estimate of drug-likeness (QED) is 0.107. The Labute approximate surface area is 430 Å². The maximum absolute atomic E-state index is 12.9. The number of alkyl halides is 2. The molecule has 10 heteroatoms. The van der Waals surface area contributed by atoms with Crippen LogP contribution in [0.3, 0.4) is 0 Å². The Hall–Kier alpha value is -0.0768. The molecule has 2 aliphatic carbocycles. The topological polar surface area (TPSA) is 64.6 Å². The van der Waals surface area contributed by atoms with E-state index in [1.165, 1.54) is 33.1 Å². The zero-order chi connectivity index (χ0) is 47.3. The molecule has 5 nitrogen and oxygen atoms in total. The van der Waals surface area contributed by atoms with Gasteiger partial charge in [-0.2, -0.15) is 0 Å². The van der Waals surface area contributed by atoms with Crippen LogP contribution in [-0.4, -0.2) is 58.5 Å². The van der Waals surface area contributed by atoms with Crippen molar-refractivity contribution in [1.29, 1.82) is 0 Å². The molecule has 2 fully saturated rings. The summed E-state index contributed by atoms with van der Waals surface area (Å²) in [5.74, 6) is -0.389. The van der Waals surface area contributed by atoms with E-state index in [1.807, 2.05) is 33.8 Å². The van der Waals surface area contributed by atoms with Gasteiger partial charge in [0.15, 0.2) is 0 Å². The Morgan fingerprint density at radius 2 is 0.938 bits per heavy atom. The van der Waals surface area contributed by atoms with E-state index in [0.717, 1.165) is 50.0 Å². The Balaban J connectivity index is -0.0000000510. The van der Waals surface area contributed by atoms with Gasteiger partial charge in [-0.15, -0.1) is 6.58 Å². The predicted octanol–water partition coefficient (Wildman–Crippen LogP) is 18.6. The second-order valence-electron chi connectivity index (χ2n) is 20.8. The first-order valence-electron chi connectivity index (χ1n) is 23.0. The second kappa shape index (κ2) is 50.3. The summed E-state index contributed by atoms with van der Waals surface area (Å²) in [5.41, 5.74) is 0.875. The molecule has 0 aromatic carbocycles. The molecule has 0 amide bonds. The minimum Gasteiger partial charge on any atom is -0.373 e. The monoisotopic (exact) mass is 1130 g/mol. The maximum Gasteiger partial charge on any atom is 2.00 e. The third kappa shape index (κ3) is 68.3. The molecule has 2 atom stereocenters. The SMILES string of the molecule is C.C.C.C=CC(C)C.CC(C)(C)C(C)(C)C.CC(C)C/C=C/C(F)(F)C(C)C.CC(C)NS(=O)(=O)C1CC1.CC(C)O[C@@H]1CCC[C@H]1OC(C)C.CCC(C)C.CCC(C)C.[B].[CH3-].[CH3-].[W+2]. The van der Waals surface area contributed by atoms with Crippen LogP contribution in [0.25, 0.3) is 0 Å². The van der Waals surface area contributed by atoms with Gasteiger partial charge in [0.2, 0.25) is 10.0 Å². The minimum atomic E-state index is -2.94. The van der Waals surface area contributed by atoms with E-state index in [-0.39, 0.29) is 77.9 Å². The van der Waals surface area contributed by atoms with E-state index < -0.39 is 21.9 Å². The van der Waals surface area contributed by atoms with Gasteiger partial charge in [-0.3, -0.25) is 0 Å². The number of allylic oxidation sites excluding steroid dienone is 3. The molecule has 0 aromatic rings. The van der Waals surface area contributed by atoms with Crippen molar-refractivity contribution >= 4 is 18.4 Å². The molecule has 0 unspecified atom stereocenters. The average Bonchev–Trinajstić information content (AvgIpc) is 3.83. The van der Waals surface area contributed by atoms with Crippen LogP contribution in [0.4, 0.5) is 8.78 Å². The average molecular weight is 1130 g/mol. The number of ether oxygens (including phenoxy) is 2. The Morgan fingerprint density at radius 1 is 0.646 bits per heavy atom. The van der Waals surface area contributed by atoms with Crippen molar-refractivity contribution in [3.05, 3.63) is 39.7 Å². The normalized spacial score (nSPS) is 15.3. The van der Waals surface area contributed by atoms with E-state index in [2.05, 4.69) is 136 Å². The fourth-order valence-corrected chi connectivity index (χ4v) is 5.00. The number of hydrogen-bond acceptors (Lipinski definition) is 4. The smallest absolute Gasteiger partial charge is 0.373 e. The molecule has 2 aliphatic rings. The van der Waals surface area contributed by atoms with Crippen LogP contribution in [0.1, 0.15) is 240 Å². The van der Waals surface area contributed by atoms with E-state index in [9.17, 15) is 17.2 Å². The zero-order valence-corrected chi connectivity index (χ0v) is 50.0. The van der Waals surface area contributed by atoms with Crippen LogP contribution >= 0.6 is 0 Å². The van der Waals surface area contributed by atoms with Crippen LogP contribution < -0.4 is 4.72 Å². The van der Waals surface area contributed by atoms with Crippen molar-refractivity contribution in [1.82, 2.24) is 4.72 Å². The molecule has 0 spiro atoms. The van der Waals surface area contributed by atoms with Crippen LogP contribution in [-0.2, 0) is 40.6 Å². The van der Waals surface area contributed by atoms with Gasteiger partial charge >= 0.3 is 21.1 Å². The second-order valence-corrected chi connectivity index (χ2v) is 22.8. The number of nitrogens with one attached hydrogen (secondary N) is 1. The maximum atomic E-state index is 12.9. The van der Waals surface area contributed by atoms with Gasteiger partial charge in [0.25, 0.3) is 5.92 Å². The summed E-state index contributed by atoms with van der Waals surface area (Å²) in [6, 6.07) is 0.0330. The Morgan fingerprint density at radius 3 is 1.11 bits per heavy atom. The molecular weight excluding hydrogens is 1000 g/mol. The summed E-state index contributed by atoms with van der Waals surface area (Å²) in [6.45, 7) is 53.8. The third-order valence-corrected chi connectivity index (χ3v) is 11.9. The first kappa shape index (κ1) is 94.7. The van der Waals surface area contributed by atoms with Crippen molar-refractivity contribution in [3.8, 4) is 0 Å². The fourth-order valence-electron chi connectivity index (χ4n) is 3.40. The minimum absolute atomic E-state index is 0. The van der Waals surface area contributed by atoms with Gasteiger partial charge in [0.05, 0.1) is 29.7 Å². The van der Waals surface area contributed by atoms with E-state index in [0.29, 0.717) is 47.1 Å². The molecule has 2 rings (SSSR count). The van der Waals surface area contributed by atoms with Gasteiger partial charge in [-0.05, 0) is 121 Å². The van der Waals surface area contributed by atoms with Gasteiger partial charge in [0, 0.05) is 20.4 Å². The van der Waals surface area contributed by atoms with E-state index in [1.54, 1.807) is 6.08 Å². The van der Waals surface area contributed by atoms with Crippen molar-refractivity contribution in [2.45, 2.75) is 281 Å². The summed E-state index contributed by atoms with van der Waals surface area (Å²) in [6.07, 6.45) is 14.4. The number of hydrogen-bond donors (Lipinski definition) is 1. The van der Waals surface area contributed by atoms with Crippen LogP contribution in [0.2, 0.25) is 0 Å². The molecule has 0 heterocycles. The number of rotatable bonds is 14. The molecule has 2 saturated carbocycles. The summed E-state index contributed by atoms with van der Waals surface area (Å²) >= 11 is 0. The van der Waals surface area contributed by atoms with Gasteiger partial charge in [-0.25, -0.2) is 21.9 Å². The summed E-state index contributed by atoms with van der Waals surface area (Å²) in [7, 11) is -2.94. The summed E-state index contributed by atoms with van der Waals surface area (Å²) in [4.78, 5) is 0. The van der Waals surface area contributed by atoms with Crippen LogP contribution in [0, 0.1) is 55.3 Å². The third-order valence-electron chi connectivity index (χ3n) is 9.72. The standard InChI is InChI=1S/C11H22O2.C10H18F2.C8H18.C6H13NO2S.2C5H12.C5H10.3CH4.2CH3.B.W/c1-8(2)12-10-6-5-7-11(10)13-9(3)4;1-8(2)6-5-7-10(11,12)9(3)4;1-7(2,3)8(4,5)6;1-5(2)7-10(8,9)6-3-4-6;3*1-4-5(2)3;;;;;;;/h8-11H,5-7H2,1-4H3;5,7-9H,6H2,1-4H3;1-6H3;5-7H,3-4H2,1-2H3;2*5H,4H2,1-3H3;4-5H,1H2,2-3H3;3*1H4;2*1H3;;/q;;;;;;;;;;2*-1;;+2/b;7-5+;;;;;;;;;;;;/t10-,11-;;;;;;;;;;;;;/m1............./s1. The van der Waals surface area contributed by atoms with E-state index in [4.69, 9.17) is 9.47 Å². The molecule has 1 N–H and O–H groups in total. The zero-order valence-electron chi connectivity index (χ0n) is 46.2. The van der Waals surface area contributed by atoms with Gasteiger partial charge in [0.1, 0.15) is 0 Å². The van der Waals surface area contributed by atoms with Gasteiger partial charge < -0.3 is 24.3 Å². The van der Waals surface area contributed by atoms with Crippen molar-refractivity contribution in [2.75, 3.05) is 0 Å². The molecule has 401 valence electrons. The fraction of sp³-hybridized carbons (Fsp3) is 0.891. The first-order valence-corrected chi connectivity index (χ1v) is 24.6. The van der Waals surface area contributed by atoms with Crippen LogP contribution in [0.15, 0.2) is 24.8 Å². The van der Waals surface area contributed by atoms with Crippen molar-refractivity contribution in [2.24, 2.45) is 40.4 Å². The van der Waals surface area contributed by atoms with Gasteiger partial charge in [-0.1, -0.05) is 172 Å². The van der Waals surface area contributed by atoms with Crippen molar-refractivity contribution < 1.29 is 47.7 Å². The molecular formula is C55H123BF2NO4SW. The molecule has 0 saturated heterocycles. The molecule has 0 aliphatic heterocycles. The van der Waals surface area contributed by atoms with Crippen molar-refractivity contribution in [3.63, 3.8) is 0 Å². The van der Waals surface area contributed by atoms with Crippen LogP contribution in [0.5, 0.6) is 0 Å². The summed E-state index contributed by atoms with van der Waals surface area (Å²) < 4.78 is 62.2. The molecule has 0 bridgehead atoms. The molecule has 3 radical (unpaired) electrons. The summed E-state index contributed by atoms with van der Waals surface area (Å²) in [5, 5.41) is -0.0881. The molecule has 0 aromatic heterocycles. The first-order chi connectivity index (χ1) is 26.0.